The van der Waals surface area contributed by atoms with Gasteiger partial charge in [-0.3, -0.25) is 14.4 Å². The number of amides is 1. The number of benzene rings is 3. The van der Waals surface area contributed by atoms with Gasteiger partial charge in [0.1, 0.15) is 5.75 Å². The van der Waals surface area contributed by atoms with Gasteiger partial charge in [-0.2, -0.15) is 0 Å². The summed E-state index contributed by atoms with van der Waals surface area (Å²) < 4.78 is 34.4. The van der Waals surface area contributed by atoms with Crippen molar-refractivity contribution in [3.05, 3.63) is 77.9 Å². The summed E-state index contributed by atoms with van der Waals surface area (Å²) >= 11 is 1.67. The number of fused-ring (bicyclic) bond motifs is 1. The van der Waals surface area contributed by atoms with Crippen molar-refractivity contribution in [2.75, 3.05) is 56.0 Å². The standard InChI is InChI=1S/C28H31N5O4S2/c1-20-6-9-24(10-7-20)39(35,36)31-22-5-3-4-21(18-22)27(34)29-12-13-32-14-16-33(17-15-32)28-30-25-11-8-23(37-2)19-26(25)38-28/h3-11,18-19,31H,12-17H2,1-2H3,(H,29,34). The van der Waals surface area contributed by atoms with Gasteiger partial charge in [-0.25, -0.2) is 13.4 Å². The number of hydrogen-bond donors (Lipinski definition) is 2. The van der Waals surface area contributed by atoms with Gasteiger partial charge in [-0.1, -0.05) is 35.1 Å². The largest absolute Gasteiger partial charge is 0.497 e. The Hall–Kier alpha value is -3.67. The minimum atomic E-state index is -3.74. The Morgan fingerprint density at radius 1 is 1.03 bits per heavy atom. The van der Waals surface area contributed by atoms with E-state index >= 15 is 0 Å². The molecular formula is C28H31N5O4S2. The Bertz CT molecular complexity index is 1560. The number of nitrogens with one attached hydrogen (secondary N) is 2. The predicted molar refractivity (Wildman–Crippen MR) is 156 cm³/mol. The summed E-state index contributed by atoms with van der Waals surface area (Å²) in [5.74, 6) is 0.592. The molecule has 1 amide bonds. The summed E-state index contributed by atoms with van der Waals surface area (Å²) in [5.41, 5.74) is 2.70. The van der Waals surface area contributed by atoms with Crippen LogP contribution in [0.4, 0.5) is 10.8 Å². The first-order chi connectivity index (χ1) is 18.8. The molecule has 3 aromatic carbocycles. The Kier molecular flexibility index (Phi) is 8.01. The van der Waals surface area contributed by atoms with E-state index in [2.05, 4.69) is 19.8 Å². The quantitative estimate of drug-likeness (QED) is 0.317. The van der Waals surface area contributed by atoms with Crippen LogP contribution in [0.15, 0.2) is 71.6 Å². The summed E-state index contributed by atoms with van der Waals surface area (Å²) in [6.07, 6.45) is 0. The topological polar surface area (TPSA) is 104 Å². The number of carbonyl (C=O) groups is 1. The van der Waals surface area contributed by atoms with E-state index in [9.17, 15) is 13.2 Å². The number of nitrogens with zero attached hydrogens (tertiary/aromatic N) is 3. The molecule has 1 saturated heterocycles. The number of anilines is 2. The van der Waals surface area contributed by atoms with Crippen LogP contribution in [0, 0.1) is 6.92 Å². The molecular weight excluding hydrogens is 534 g/mol. The number of methoxy groups -OCH3 is 1. The Morgan fingerprint density at radius 2 is 1.79 bits per heavy atom. The molecule has 1 aliphatic rings. The number of hydrogen-bond acceptors (Lipinski definition) is 8. The van der Waals surface area contributed by atoms with E-state index in [1.165, 1.54) is 0 Å². The lowest BCUT2D eigenvalue weighted by Gasteiger charge is -2.34. The first-order valence-electron chi connectivity index (χ1n) is 12.7. The van der Waals surface area contributed by atoms with Crippen molar-refractivity contribution in [3.63, 3.8) is 0 Å². The first kappa shape index (κ1) is 26.9. The lowest BCUT2D eigenvalue weighted by Crippen LogP contribution is -2.48. The monoisotopic (exact) mass is 565 g/mol. The number of rotatable bonds is 9. The van der Waals surface area contributed by atoms with E-state index in [0.29, 0.717) is 17.8 Å². The van der Waals surface area contributed by atoms with Crippen molar-refractivity contribution in [2.24, 2.45) is 0 Å². The molecule has 0 unspecified atom stereocenters. The van der Waals surface area contributed by atoms with Gasteiger partial charge in [-0.15, -0.1) is 0 Å². The molecule has 0 saturated carbocycles. The fourth-order valence-corrected chi connectivity index (χ4v) is 6.50. The van der Waals surface area contributed by atoms with Crippen molar-refractivity contribution >= 4 is 48.3 Å². The number of carbonyl (C=O) groups excluding carboxylic acids is 1. The Morgan fingerprint density at radius 3 is 2.54 bits per heavy atom. The van der Waals surface area contributed by atoms with Gasteiger partial charge in [0.05, 0.1) is 22.2 Å². The molecule has 1 aliphatic heterocycles. The molecule has 1 aromatic heterocycles. The van der Waals surface area contributed by atoms with Gasteiger partial charge in [0.2, 0.25) is 0 Å². The zero-order valence-corrected chi connectivity index (χ0v) is 23.5. The molecule has 9 nitrogen and oxygen atoms in total. The van der Waals surface area contributed by atoms with Crippen LogP contribution in [0.2, 0.25) is 0 Å². The second kappa shape index (κ2) is 11.6. The van der Waals surface area contributed by atoms with E-state index in [1.807, 2.05) is 25.1 Å². The highest BCUT2D eigenvalue weighted by atomic mass is 32.2. The average Bonchev–Trinajstić information content (AvgIpc) is 3.37. The van der Waals surface area contributed by atoms with Gasteiger partial charge in [0, 0.05) is 50.5 Å². The van der Waals surface area contributed by atoms with Gasteiger partial charge >= 0.3 is 0 Å². The molecule has 204 valence electrons. The zero-order valence-electron chi connectivity index (χ0n) is 21.9. The summed E-state index contributed by atoms with van der Waals surface area (Å²) in [6, 6.07) is 19.1. The van der Waals surface area contributed by atoms with Crippen LogP contribution in [0.5, 0.6) is 5.75 Å². The van der Waals surface area contributed by atoms with Gasteiger partial charge in [-0.05, 0) is 55.5 Å². The van der Waals surface area contributed by atoms with Crippen molar-refractivity contribution in [3.8, 4) is 5.75 Å². The molecule has 39 heavy (non-hydrogen) atoms. The van der Waals surface area contributed by atoms with Crippen molar-refractivity contribution < 1.29 is 17.9 Å². The average molecular weight is 566 g/mol. The zero-order chi connectivity index (χ0) is 27.4. The molecule has 0 radical (unpaired) electrons. The minimum absolute atomic E-state index is 0.173. The molecule has 2 heterocycles. The number of sulfonamides is 1. The number of piperazine rings is 1. The minimum Gasteiger partial charge on any atom is -0.497 e. The molecule has 5 rings (SSSR count). The number of ether oxygens (including phenoxy) is 1. The molecule has 0 atom stereocenters. The smallest absolute Gasteiger partial charge is 0.261 e. The number of thiazole rings is 1. The molecule has 0 bridgehead atoms. The van der Waals surface area contributed by atoms with Crippen LogP contribution in [0.25, 0.3) is 10.2 Å². The molecule has 0 spiro atoms. The molecule has 4 aromatic rings. The summed E-state index contributed by atoms with van der Waals surface area (Å²) in [7, 11) is -2.08. The Labute approximate surface area is 232 Å². The van der Waals surface area contributed by atoms with Gasteiger partial charge < -0.3 is 15.0 Å². The SMILES string of the molecule is COc1ccc2nc(N3CCN(CCNC(=O)c4cccc(NS(=O)(=O)c5ccc(C)cc5)c4)CC3)sc2c1. The Balaban J connectivity index is 1.10. The maximum absolute atomic E-state index is 12.7. The lowest BCUT2D eigenvalue weighted by molar-refractivity contribution is 0.0948. The highest BCUT2D eigenvalue weighted by molar-refractivity contribution is 7.92. The molecule has 0 aliphatic carbocycles. The van der Waals surface area contributed by atoms with Crippen LogP contribution < -0.4 is 19.7 Å². The van der Waals surface area contributed by atoms with E-state index < -0.39 is 10.0 Å². The van der Waals surface area contributed by atoms with Crippen LogP contribution in [-0.4, -0.2) is 70.6 Å². The second-order valence-electron chi connectivity index (χ2n) is 9.41. The number of aryl methyl sites for hydroxylation is 1. The highest BCUT2D eigenvalue weighted by Gasteiger charge is 2.20. The fourth-order valence-electron chi connectivity index (χ4n) is 4.40. The van der Waals surface area contributed by atoms with Crippen molar-refractivity contribution in [2.45, 2.75) is 11.8 Å². The van der Waals surface area contributed by atoms with Crippen LogP contribution in [0.1, 0.15) is 15.9 Å². The normalized spacial score (nSPS) is 14.4. The first-order valence-corrected chi connectivity index (χ1v) is 15.0. The third kappa shape index (κ3) is 6.49. The summed E-state index contributed by atoms with van der Waals surface area (Å²) in [5, 5.41) is 3.97. The van der Waals surface area contributed by atoms with Crippen molar-refractivity contribution in [1.29, 1.82) is 0 Å². The maximum atomic E-state index is 12.7. The van der Waals surface area contributed by atoms with E-state index in [-0.39, 0.29) is 10.8 Å². The fraction of sp³-hybridized carbons (Fsp3) is 0.286. The molecule has 11 heteroatoms. The van der Waals surface area contributed by atoms with E-state index in [4.69, 9.17) is 9.72 Å². The third-order valence-corrected chi connectivity index (χ3v) is 9.13. The maximum Gasteiger partial charge on any atom is 0.261 e. The lowest BCUT2D eigenvalue weighted by atomic mass is 10.2. The van der Waals surface area contributed by atoms with E-state index in [0.717, 1.165) is 59.4 Å². The predicted octanol–water partition coefficient (Wildman–Crippen LogP) is 3.97. The van der Waals surface area contributed by atoms with Crippen LogP contribution in [-0.2, 0) is 10.0 Å². The summed E-state index contributed by atoms with van der Waals surface area (Å²) in [6.45, 7) is 6.63. The molecule has 2 N–H and O–H groups in total. The molecule has 1 fully saturated rings. The van der Waals surface area contributed by atoms with Crippen LogP contribution in [0.3, 0.4) is 0 Å². The summed E-state index contributed by atoms with van der Waals surface area (Å²) in [4.78, 5) is 22.3. The third-order valence-electron chi connectivity index (χ3n) is 6.65. The van der Waals surface area contributed by atoms with Gasteiger partial charge in [0.25, 0.3) is 15.9 Å². The van der Waals surface area contributed by atoms with Crippen molar-refractivity contribution in [1.82, 2.24) is 15.2 Å². The van der Waals surface area contributed by atoms with E-state index in [1.54, 1.807) is 67.0 Å². The second-order valence-corrected chi connectivity index (χ2v) is 12.1. The number of aromatic nitrogens is 1. The highest BCUT2D eigenvalue weighted by Crippen LogP contribution is 2.31. The van der Waals surface area contributed by atoms with Crippen LogP contribution >= 0.6 is 11.3 Å². The van der Waals surface area contributed by atoms with Gasteiger partial charge in [0.15, 0.2) is 5.13 Å².